The standard InChI is InChI=1S/C44H55NO17S2.2Na/c1-3-5-7-8-9-20-27-35(58-41(47)31-21-14-10-15-22-31)34(45-37(46)28-13-6-4-2)29-56-44-40(61-43(49)33-25-18-12-19-26-33)39(60-42(48)32-23-16-11-17-24-32)38(62-64(53,54)55)36(59-44)30-57-63(50,51)52;;/h10-12,14-27,34-36,38-40,44H,3-9,13,28-30H2,1-2H3,(H,45,46)(H,50,51,52)(H,53,54,55);;/q;2*+1/p-2/b27-20+;;/t34-,35+,36+,38-,39-,40+,44+;;/m0../s1. The van der Waals surface area contributed by atoms with Crippen LogP contribution >= 0.6 is 0 Å². The molecule has 0 radical (unpaired) electrons. The molecule has 1 fully saturated rings. The number of esters is 3. The van der Waals surface area contributed by atoms with Crippen LogP contribution in [0.5, 0.6) is 0 Å². The fourth-order valence-electron chi connectivity index (χ4n) is 6.51. The molecule has 1 amide bonds. The number of hydrogen-bond donors (Lipinski definition) is 1. The minimum atomic E-state index is -5.77. The zero-order valence-corrected chi connectivity index (χ0v) is 43.0. The van der Waals surface area contributed by atoms with Crippen molar-refractivity contribution in [2.24, 2.45) is 0 Å². The summed E-state index contributed by atoms with van der Waals surface area (Å²) in [6.07, 6.45) is -1.96. The second kappa shape index (κ2) is 30.4. The molecule has 3 aromatic carbocycles. The maximum Gasteiger partial charge on any atom is 1.00 e. The van der Waals surface area contributed by atoms with E-state index in [-0.39, 0.29) is 82.2 Å². The predicted molar refractivity (Wildman–Crippen MR) is 226 cm³/mol. The molecule has 4 rings (SSSR count). The zero-order chi connectivity index (χ0) is 46.5. The number of amides is 1. The Bertz CT molecular complexity index is 2190. The van der Waals surface area contributed by atoms with Gasteiger partial charge in [-0.05, 0) is 61.7 Å². The molecule has 7 atom stereocenters. The van der Waals surface area contributed by atoms with E-state index in [1.807, 2.05) is 6.92 Å². The summed E-state index contributed by atoms with van der Waals surface area (Å²) in [6.45, 7) is 2.08. The number of benzene rings is 3. The first-order valence-electron chi connectivity index (χ1n) is 20.8. The van der Waals surface area contributed by atoms with Crippen molar-refractivity contribution < 1.29 is 136 Å². The average Bonchev–Trinajstić information content (AvgIpc) is 3.27. The third-order valence-electron chi connectivity index (χ3n) is 9.70. The Morgan fingerprint density at radius 2 is 1.20 bits per heavy atom. The fourth-order valence-corrected chi connectivity index (χ4v) is 7.32. The Hall–Kier alpha value is -3.06. The van der Waals surface area contributed by atoms with Crippen LogP contribution in [0.2, 0.25) is 0 Å². The summed E-state index contributed by atoms with van der Waals surface area (Å²) < 4.78 is 110. The van der Waals surface area contributed by atoms with Crippen molar-refractivity contribution in [2.45, 2.75) is 114 Å². The van der Waals surface area contributed by atoms with Crippen LogP contribution in [-0.2, 0) is 57.6 Å². The van der Waals surface area contributed by atoms with Crippen LogP contribution in [0, 0.1) is 0 Å². The van der Waals surface area contributed by atoms with Crippen LogP contribution in [0.25, 0.3) is 0 Å². The van der Waals surface area contributed by atoms with Crippen LogP contribution in [0.3, 0.4) is 0 Å². The van der Waals surface area contributed by atoms with Crippen LogP contribution in [0.4, 0.5) is 0 Å². The molecule has 1 aliphatic rings. The van der Waals surface area contributed by atoms with E-state index in [9.17, 15) is 45.1 Å². The molecule has 0 bridgehead atoms. The van der Waals surface area contributed by atoms with E-state index in [4.69, 9.17) is 27.9 Å². The van der Waals surface area contributed by atoms with Gasteiger partial charge in [0.05, 0.1) is 35.9 Å². The Morgan fingerprint density at radius 1 is 0.682 bits per heavy atom. The maximum absolute atomic E-state index is 13.7. The maximum atomic E-state index is 13.7. The van der Waals surface area contributed by atoms with Crippen molar-refractivity contribution >= 4 is 44.6 Å². The van der Waals surface area contributed by atoms with Gasteiger partial charge in [-0.15, -0.1) is 0 Å². The summed E-state index contributed by atoms with van der Waals surface area (Å²) in [6, 6.07) is 21.3. The Kier molecular flexibility index (Phi) is 27.2. The van der Waals surface area contributed by atoms with E-state index < -0.39 is 101 Å². The van der Waals surface area contributed by atoms with Crippen molar-refractivity contribution in [3.63, 3.8) is 0 Å². The van der Waals surface area contributed by atoms with E-state index >= 15 is 0 Å². The number of rotatable bonds is 26. The Balaban J connectivity index is 0.00000748. The number of carbonyl (C=O) groups excluding carboxylic acids is 4. The number of hydrogen-bond acceptors (Lipinski definition) is 17. The summed E-state index contributed by atoms with van der Waals surface area (Å²) in [7, 11) is -11.3. The topological polar surface area (TPSA) is 259 Å². The van der Waals surface area contributed by atoms with Gasteiger partial charge < -0.3 is 38.1 Å². The van der Waals surface area contributed by atoms with Gasteiger partial charge in [0.2, 0.25) is 26.7 Å². The molecule has 0 spiro atoms. The van der Waals surface area contributed by atoms with Crippen LogP contribution < -0.4 is 64.4 Å². The molecular formula is C44H53NNa2O17S2. The van der Waals surface area contributed by atoms with Crippen LogP contribution in [0.1, 0.15) is 103 Å². The van der Waals surface area contributed by atoms with Gasteiger partial charge >= 0.3 is 77.0 Å². The van der Waals surface area contributed by atoms with Gasteiger partial charge in [-0.2, -0.15) is 0 Å². The molecular weight excluding hydrogens is 925 g/mol. The van der Waals surface area contributed by atoms with Crippen molar-refractivity contribution in [3.8, 4) is 0 Å². The average molecular weight is 978 g/mol. The molecule has 1 aliphatic heterocycles. The SMILES string of the molecule is CCCCCC/C=C/[C@@H](OC(=O)c1ccccc1)[C@H](CO[C@@H]1O[C@H](COS(=O)(=O)[O-])[C@H](OS(=O)(=O)[O-])[C@H](OC(=O)c2ccccc2)[C@H]1OC(=O)c1ccccc1)NC(=O)CCCCC.[Na+].[Na+]. The van der Waals surface area contributed by atoms with Crippen molar-refractivity contribution in [1.82, 2.24) is 5.32 Å². The Labute approximate surface area is 430 Å². The quantitative estimate of drug-likeness (QED) is 0.0199. The summed E-state index contributed by atoms with van der Waals surface area (Å²) in [5.74, 6) is -3.45. The monoisotopic (exact) mass is 977 g/mol. The smallest absolute Gasteiger partial charge is 0.726 e. The molecule has 350 valence electrons. The molecule has 1 heterocycles. The van der Waals surface area contributed by atoms with Gasteiger partial charge in [0, 0.05) is 6.42 Å². The van der Waals surface area contributed by atoms with Gasteiger partial charge in [0.1, 0.15) is 18.3 Å². The molecule has 0 aliphatic carbocycles. The fraction of sp³-hybridized carbons (Fsp3) is 0.455. The molecule has 0 unspecified atom stereocenters. The molecule has 66 heavy (non-hydrogen) atoms. The first-order valence-corrected chi connectivity index (χ1v) is 23.5. The van der Waals surface area contributed by atoms with Gasteiger partial charge in [0.25, 0.3) is 0 Å². The van der Waals surface area contributed by atoms with E-state index in [1.54, 1.807) is 42.5 Å². The number of ether oxygens (including phenoxy) is 5. The van der Waals surface area contributed by atoms with E-state index in [0.717, 1.165) is 38.5 Å². The van der Waals surface area contributed by atoms with Crippen molar-refractivity contribution in [2.75, 3.05) is 13.2 Å². The number of carbonyl (C=O) groups is 4. The molecule has 3 aromatic rings. The van der Waals surface area contributed by atoms with Gasteiger partial charge in [-0.25, -0.2) is 31.2 Å². The number of allylic oxidation sites excluding steroid dienone is 1. The zero-order valence-electron chi connectivity index (χ0n) is 37.4. The molecule has 22 heteroatoms. The molecule has 1 saturated heterocycles. The van der Waals surface area contributed by atoms with Crippen LogP contribution in [0.15, 0.2) is 103 Å². The predicted octanol–water partition coefficient (Wildman–Crippen LogP) is -0.673. The van der Waals surface area contributed by atoms with Gasteiger partial charge in [0.15, 0.2) is 18.5 Å². The van der Waals surface area contributed by atoms with Crippen molar-refractivity contribution in [1.29, 1.82) is 0 Å². The molecule has 18 nitrogen and oxygen atoms in total. The van der Waals surface area contributed by atoms with Gasteiger partial charge in [-0.1, -0.05) is 107 Å². The van der Waals surface area contributed by atoms with Gasteiger partial charge in [-0.3, -0.25) is 13.2 Å². The first-order chi connectivity index (χ1) is 30.6. The minimum Gasteiger partial charge on any atom is -0.726 e. The van der Waals surface area contributed by atoms with Crippen LogP contribution in [-0.4, -0.2) is 106 Å². The Morgan fingerprint density at radius 3 is 1.71 bits per heavy atom. The minimum absolute atomic E-state index is 0. The second-order valence-electron chi connectivity index (χ2n) is 14.7. The first kappa shape index (κ1) is 59.1. The molecule has 1 N–H and O–H groups in total. The van der Waals surface area contributed by atoms with E-state index in [1.165, 1.54) is 60.7 Å². The summed E-state index contributed by atoms with van der Waals surface area (Å²) in [4.78, 5) is 54.4. The van der Waals surface area contributed by atoms with E-state index in [2.05, 4.69) is 16.4 Å². The second-order valence-corrected chi connectivity index (χ2v) is 16.7. The third-order valence-corrected chi connectivity index (χ3v) is 10.6. The largest absolute Gasteiger partial charge is 1.00 e. The third kappa shape index (κ3) is 21.1. The number of unbranched alkanes of at least 4 members (excludes halogenated alkanes) is 6. The normalized spacial score (nSPS) is 19.3. The summed E-state index contributed by atoms with van der Waals surface area (Å²) in [5.41, 5.74) is 0.0361. The molecule has 0 saturated carbocycles. The summed E-state index contributed by atoms with van der Waals surface area (Å²) >= 11 is 0. The number of nitrogens with one attached hydrogen (secondary N) is 1. The summed E-state index contributed by atoms with van der Waals surface area (Å²) in [5, 5.41) is 2.84. The van der Waals surface area contributed by atoms with Crippen molar-refractivity contribution in [3.05, 3.63) is 120 Å². The van der Waals surface area contributed by atoms with E-state index in [0.29, 0.717) is 12.8 Å². The molecule has 0 aromatic heterocycles.